The molecule has 2 amide bonds. The van der Waals surface area contributed by atoms with Gasteiger partial charge in [0.15, 0.2) is 0 Å². The number of carbonyl (C=O) groups is 1. The summed E-state index contributed by atoms with van der Waals surface area (Å²) in [5.74, 6) is 0. The molecule has 128 valence electrons. The second kappa shape index (κ2) is 7.03. The van der Waals surface area contributed by atoms with Gasteiger partial charge in [-0.05, 0) is 44.7 Å². The molecule has 24 heavy (non-hydrogen) atoms. The van der Waals surface area contributed by atoms with E-state index in [0.717, 1.165) is 25.9 Å². The van der Waals surface area contributed by atoms with Gasteiger partial charge in [-0.1, -0.05) is 23.8 Å². The minimum Gasteiger partial charge on any atom is -0.331 e. The van der Waals surface area contributed by atoms with E-state index >= 15 is 0 Å². The lowest BCUT2D eigenvalue weighted by Gasteiger charge is -2.33. The van der Waals surface area contributed by atoms with E-state index < -0.39 is 0 Å². The molecule has 1 aliphatic rings. The van der Waals surface area contributed by atoms with E-state index in [1.807, 2.05) is 16.5 Å². The van der Waals surface area contributed by atoms with Crippen LogP contribution in [-0.2, 0) is 0 Å². The largest absolute Gasteiger partial charge is 0.331 e. The molecule has 1 unspecified atom stereocenters. The monoisotopic (exact) mass is 327 g/mol. The van der Waals surface area contributed by atoms with Crippen LogP contribution in [0.1, 0.15) is 48.5 Å². The van der Waals surface area contributed by atoms with Gasteiger partial charge in [0, 0.05) is 13.1 Å². The molecule has 0 saturated carbocycles. The van der Waals surface area contributed by atoms with Gasteiger partial charge in [-0.2, -0.15) is 5.10 Å². The van der Waals surface area contributed by atoms with Crippen molar-refractivity contribution in [1.29, 1.82) is 0 Å². The van der Waals surface area contributed by atoms with Gasteiger partial charge in [-0.3, -0.25) is 0 Å². The Morgan fingerprint density at radius 1 is 1.29 bits per heavy atom. The van der Waals surface area contributed by atoms with Gasteiger partial charge in [0.05, 0.1) is 12.1 Å². The summed E-state index contributed by atoms with van der Waals surface area (Å²) in [5.41, 5.74) is 3.60. The molecule has 1 saturated heterocycles. The average molecular weight is 327 g/mol. The van der Waals surface area contributed by atoms with Gasteiger partial charge in [-0.15, -0.1) is 0 Å². The number of likely N-dealkylation sites (tertiary alicyclic amines) is 1. The Morgan fingerprint density at radius 3 is 2.71 bits per heavy atom. The number of aromatic nitrogens is 3. The van der Waals surface area contributed by atoms with Crippen molar-refractivity contribution < 1.29 is 4.79 Å². The lowest BCUT2D eigenvalue weighted by Crippen LogP contribution is -2.45. The Balaban J connectivity index is 1.57. The van der Waals surface area contributed by atoms with Gasteiger partial charge < -0.3 is 10.2 Å². The molecule has 1 aromatic carbocycles. The summed E-state index contributed by atoms with van der Waals surface area (Å²) in [6.07, 6.45) is 5.14. The zero-order valence-electron chi connectivity index (χ0n) is 14.6. The van der Waals surface area contributed by atoms with Crippen LogP contribution in [0.5, 0.6) is 0 Å². The van der Waals surface area contributed by atoms with Gasteiger partial charge in [0.2, 0.25) is 0 Å². The highest BCUT2D eigenvalue weighted by atomic mass is 16.2. The van der Waals surface area contributed by atoms with Gasteiger partial charge in [0.1, 0.15) is 12.7 Å². The smallest absolute Gasteiger partial charge is 0.317 e. The minimum absolute atomic E-state index is 0.00504. The first-order valence-electron chi connectivity index (χ1n) is 8.51. The molecule has 6 heteroatoms. The Hall–Kier alpha value is -2.37. The van der Waals surface area contributed by atoms with Crippen LogP contribution in [0.4, 0.5) is 4.79 Å². The normalized spacial score (nSPS) is 16.9. The predicted octanol–water partition coefficient (Wildman–Crippen LogP) is 3.00. The van der Waals surface area contributed by atoms with Crippen molar-refractivity contribution in [1.82, 2.24) is 25.0 Å². The average Bonchev–Trinajstić information content (AvgIpc) is 3.11. The van der Waals surface area contributed by atoms with Crippen molar-refractivity contribution in [3.05, 3.63) is 47.5 Å². The maximum Gasteiger partial charge on any atom is 0.317 e. The van der Waals surface area contributed by atoms with Crippen molar-refractivity contribution in [3.63, 3.8) is 0 Å². The first-order valence-corrected chi connectivity index (χ1v) is 8.51. The number of piperidine rings is 1. The fourth-order valence-electron chi connectivity index (χ4n) is 3.32. The molecule has 0 aliphatic carbocycles. The van der Waals surface area contributed by atoms with Crippen LogP contribution in [0.25, 0.3) is 0 Å². The molecule has 0 spiro atoms. The van der Waals surface area contributed by atoms with Crippen molar-refractivity contribution in [2.45, 2.75) is 45.7 Å². The van der Waals surface area contributed by atoms with Crippen molar-refractivity contribution >= 4 is 6.03 Å². The zero-order chi connectivity index (χ0) is 17.1. The summed E-state index contributed by atoms with van der Waals surface area (Å²) in [4.78, 5) is 18.4. The second-order valence-corrected chi connectivity index (χ2v) is 6.62. The maximum absolute atomic E-state index is 12.6. The summed E-state index contributed by atoms with van der Waals surface area (Å²) in [6, 6.07) is 6.72. The van der Waals surface area contributed by atoms with Crippen LogP contribution in [0.2, 0.25) is 0 Å². The summed E-state index contributed by atoms with van der Waals surface area (Å²) in [6.45, 7) is 7.70. The predicted molar refractivity (Wildman–Crippen MR) is 92.7 cm³/mol. The van der Waals surface area contributed by atoms with Gasteiger partial charge in [-0.25, -0.2) is 14.5 Å². The Bertz CT molecular complexity index is 689. The molecule has 2 heterocycles. The standard InChI is InChI=1S/C18H25N5O/c1-13-4-5-14(2)17(10-13)15(3)21-18(24)22-8-6-16(7-9-22)23-12-19-11-20-23/h4-5,10-12,15-16H,6-9H2,1-3H3,(H,21,24). The topological polar surface area (TPSA) is 63.1 Å². The Kier molecular flexibility index (Phi) is 4.83. The van der Waals surface area contributed by atoms with E-state index in [1.165, 1.54) is 16.7 Å². The van der Waals surface area contributed by atoms with Crippen LogP contribution in [0, 0.1) is 13.8 Å². The lowest BCUT2D eigenvalue weighted by molar-refractivity contribution is 0.166. The molecule has 1 aliphatic heterocycles. The van der Waals surface area contributed by atoms with Gasteiger partial charge >= 0.3 is 6.03 Å². The lowest BCUT2D eigenvalue weighted by atomic mass is 10.00. The molecule has 0 radical (unpaired) electrons. The third kappa shape index (κ3) is 3.58. The number of hydrogen-bond acceptors (Lipinski definition) is 3. The van der Waals surface area contributed by atoms with Crippen molar-refractivity contribution in [3.8, 4) is 0 Å². The molecule has 1 fully saturated rings. The van der Waals surface area contributed by atoms with Crippen LogP contribution in [0.15, 0.2) is 30.9 Å². The number of benzene rings is 1. The molecule has 1 atom stereocenters. The number of nitrogens with one attached hydrogen (secondary N) is 1. The van der Waals surface area contributed by atoms with E-state index in [9.17, 15) is 4.79 Å². The first kappa shape index (κ1) is 16.5. The quantitative estimate of drug-likeness (QED) is 0.942. The molecule has 1 aromatic heterocycles. The number of aryl methyl sites for hydroxylation is 2. The van der Waals surface area contributed by atoms with Gasteiger partial charge in [0.25, 0.3) is 0 Å². The Labute approximate surface area is 142 Å². The fourth-order valence-corrected chi connectivity index (χ4v) is 3.32. The van der Waals surface area contributed by atoms with Crippen LogP contribution in [-0.4, -0.2) is 38.8 Å². The van der Waals surface area contributed by atoms with Crippen LogP contribution < -0.4 is 5.32 Å². The number of rotatable bonds is 3. The third-order valence-corrected chi connectivity index (χ3v) is 4.80. The second-order valence-electron chi connectivity index (χ2n) is 6.62. The highest BCUT2D eigenvalue weighted by molar-refractivity contribution is 5.74. The highest BCUT2D eigenvalue weighted by Crippen LogP contribution is 2.23. The zero-order valence-corrected chi connectivity index (χ0v) is 14.6. The number of hydrogen-bond donors (Lipinski definition) is 1. The van der Waals surface area contributed by atoms with Crippen molar-refractivity contribution in [2.24, 2.45) is 0 Å². The maximum atomic E-state index is 12.6. The Morgan fingerprint density at radius 2 is 2.04 bits per heavy atom. The molecular formula is C18H25N5O. The fraction of sp³-hybridized carbons (Fsp3) is 0.500. The van der Waals surface area contributed by atoms with Crippen molar-refractivity contribution in [2.75, 3.05) is 13.1 Å². The van der Waals surface area contributed by atoms with E-state index in [1.54, 1.807) is 12.7 Å². The van der Waals surface area contributed by atoms with Crippen LogP contribution >= 0.6 is 0 Å². The first-order chi connectivity index (χ1) is 11.5. The molecule has 0 bridgehead atoms. The summed E-state index contributed by atoms with van der Waals surface area (Å²) >= 11 is 0. The molecule has 3 rings (SSSR count). The summed E-state index contributed by atoms with van der Waals surface area (Å²) in [5, 5.41) is 7.34. The highest BCUT2D eigenvalue weighted by Gasteiger charge is 2.25. The number of amides is 2. The van der Waals surface area contributed by atoms with E-state index in [4.69, 9.17) is 0 Å². The molecule has 6 nitrogen and oxygen atoms in total. The summed E-state index contributed by atoms with van der Waals surface area (Å²) in [7, 11) is 0. The van der Waals surface area contributed by atoms with Crippen LogP contribution in [0.3, 0.4) is 0 Å². The molecular weight excluding hydrogens is 302 g/mol. The summed E-state index contributed by atoms with van der Waals surface area (Å²) < 4.78 is 1.90. The SMILES string of the molecule is Cc1ccc(C)c(C(C)NC(=O)N2CCC(n3cncn3)CC2)c1. The third-order valence-electron chi connectivity index (χ3n) is 4.80. The molecule has 1 N–H and O–H groups in total. The van der Waals surface area contributed by atoms with E-state index in [0.29, 0.717) is 6.04 Å². The number of nitrogens with zero attached hydrogens (tertiary/aromatic N) is 4. The minimum atomic E-state index is 0.00504. The van der Waals surface area contributed by atoms with E-state index in [2.05, 4.69) is 47.4 Å². The number of urea groups is 1. The van der Waals surface area contributed by atoms with E-state index in [-0.39, 0.29) is 12.1 Å². The molecule has 2 aromatic rings. The number of carbonyl (C=O) groups excluding carboxylic acids is 1.